The molecule has 0 fully saturated rings. The minimum atomic E-state index is -4.06. The SMILES string of the molecule is Cc1ccc(S(=O)(=O)N(CC(=O)Nc2ccc(Cl)c(Cl)c2)c2ccc(Oc3ccccc3)cc2)cc1. The van der Waals surface area contributed by atoms with E-state index in [0.717, 1.165) is 9.87 Å². The number of hydrogen-bond donors (Lipinski definition) is 1. The van der Waals surface area contributed by atoms with E-state index in [9.17, 15) is 13.2 Å². The smallest absolute Gasteiger partial charge is 0.264 e. The van der Waals surface area contributed by atoms with E-state index < -0.39 is 22.5 Å². The molecule has 0 aliphatic carbocycles. The van der Waals surface area contributed by atoms with Crippen LogP contribution in [0.1, 0.15) is 5.56 Å². The topological polar surface area (TPSA) is 75.7 Å². The molecule has 0 saturated heterocycles. The first-order valence-corrected chi connectivity index (χ1v) is 13.1. The normalized spacial score (nSPS) is 11.1. The summed E-state index contributed by atoms with van der Waals surface area (Å²) in [5.74, 6) is 0.627. The molecular weight excluding hydrogens is 519 g/mol. The average molecular weight is 541 g/mol. The minimum absolute atomic E-state index is 0.0695. The van der Waals surface area contributed by atoms with Gasteiger partial charge in [0.25, 0.3) is 10.0 Å². The molecule has 0 aliphatic rings. The number of para-hydroxylation sites is 1. The molecule has 1 amide bonds. The van der Waals surface area contributed by atoms with Gasteiger partial charge in [0.05, 0.1) is 20.6 Å². The third kappa shape index (κ3) is 6.18. The van der Waals surface area contributed by atoms with Crippen molar-refractivity contribution in [3.8, 4) is 11.5 Å². The first-order chi connectivity index (χ1) is 17.2. The van der Waals surface area contributed by atoms with Crippen molar-refractivity contribution >= 4 is 50.5 Å². The average Bonchev–Trinajstić information content (AvgIpc) is 2.86. The molecule has 4 rings (SSSR count). The molecule has 4 aromatic rings. The van der Waals surface area contributed by atoms with Crippen LogP contribution in [0.3, 0.4) is 0 Å². The molecule has 0 saturated carbocycles. The van der Waals surface area contributed by atoms with Gasteiger partial charge in [-0.25, -0.2) is 8.42 Å². The number of halogens is 2. The molecule has 36 heavy (non-hydrogen) atoms. The Kier molecular flexibility index (Phi) is 7.84. The number of hydrogen-bond acceptors (Lipinski definition) is 4. The number of sulfonamides is 1. The van der Waals surface area contributed by atoms with Crippen molar-refractivity contribution in [1.82, 2.24) is 0 Å². The Hall–Kier alpha value is -3.52. The van der Waals surface area contributed by atoms with Gasteiger partial charge in [-0.15, -0.1) is 0 Å². The standard InChI is InChI=1S/C27H22Cl2N2O4S/c1-19-7-14-24(15-8-19)36(33,34)31(18-27(32)30-20-9-16-25(28)26(29)17-20)21-10-12-23(13-11-21)35-22-5-3-2-4-6-22/h2-17H,18H2,1H3,(H,30,32). The number of carbonyl (C=O) groups is 1. The fraction of sp³-hybridized carbons (Fsp3) is 0.0741. The first-order valence-electron chi connectivity index (χ1n) is 10.9. The van der Waals surface area contributed by atoms with Crippen LogP contribution in [0.5, 0.6) is 11.5 Å². The first kappa shape index (κ1) is 25.6. The quantitative estimate of drug-likeness (QED) is 0.263. The number of nitrogens with zero attached hydrogens (tertiary/aromatic N) is 1. The van der Waals surface area contributed by atoms with E-state index >= 15 is 0 Å². The van der Waals surface area contributed by atoms with Gasteiger partial charge in [0.1, 0.15) is 18.0 Å². The van der Waals surface area contributed by atoms with Crippen LogP contribution in [0.25, 0.3) is 0 Å². The number of ether oxygens (including phenoxy) is 1. The second kappa shape index (κ2) is 11.0. The molecule has 0 radical (unpaired) electrons. The van der Waals surface area contributed by atoms with Crippen LogP contribution in [-0.4, -0.2) is 20.9 Å². The molecule has 0 bridgehead atoms. The van der Waals surface area contributed by atoms with Crippen molar-refractivity contribution in [3.05, 3.63) is 113 Å². The summed E-state index contributed by atoms with van der Waals surface area (Å²) in [5, 5.41) is 3.29. The second-order valence-corrected chi connectivity index (χ2v) is 10.6. The second-order valence-electron chi connectivity index (χ2n) is 7.91. The van der Waals surface area contributed by atoms with Crippen LogP contribution in [0.2, 0.25) is 10.0 Å². The summed E-state index contributed by atoms with van der Waals surface area (Å²) in [6.45, 7) is 1.40. The predicted molar refractivity (Wildman–Crippen MR) is 144 cm³/mol. The third-order valence-corrected chi connectivity index (χ3v) is 7.73. The molecule has 6 nitrogen and oxygen atoms in total. The zero-order valence-electron chi connectivity index (χ0n) is 19.2. The van der Waals surface area contributed by atoms with E-state index in [2.05, 4.69) is 5.32 Å². The maximum Gasteiger partial charge on any atom is 0.264 e. The van der Waals surface area contributed by atoms with E-state index in [4.69, 9.17) is 27.9 Å². The van der Waals surface area contributed by atoms with Gasteiger partial charge in [-0.2, -0.15) is 0 Å². The highest BCUT2D eigenvalue weighted by Crippen LogP contribution is 2.29. The van der Waals surface area contributed by atoms with E-state index in [1.807, 2.05) is 37.3 Å². The molecule has 0 aliphatic heterocycles. The Bertz CT molecular complexity index is 1460. The van der Waals surface area contributed by atoms with Crippen LogP contribution in [0, 0.1) is 6.92 Å². The van der Waals surface area contributed by atoms with Gasteiger partial charge < -0.3 is 10.1 Å². The number of rotatable bonds is 8. The minimum Gasteiger partial charge on any atom is -0.457 e. The summed E-state index contributed by atoms with van der Waals surface area (Å²) in [5.41, 5.74) is 1.62. The van der Waals surface area contributed by atoms with E-state index in [-0.39, 0.29) is 9.92 Å². The Morgan fingerprint density at radius 1 is 0.833 bits per heavy atom. The van der Waals surface area contributed by atoms with Crippen molar-refractivity contribution in [2.24, 2.45) is 0 Å². The lowest BCUT2D eigenvalue weighted by atomic mass is 10.2. The van der Waals surface area contributed by atoms with E-state index in [1.165, 1.54) is 18.2 Å². The molecule has 0 spiro atoms. The third-order valence-electron chi connectivity index (χ3n) is 5.20. The molecule has 0 aromatic heterocycles. The van der Waals surface area contributed by atoms with E-state index in [1.54, 1.807) is 48.5 Å². The lowest BCUT2D eigenvalue weighted by Crippen LogP contribution is -2.38. The molecule has 9 heteroatoms. The Morgan fingerprint density at radius 2 is 1.47 bits per heavy atom. The molecule has 184 valence electrons. The van der Waals surface area contributed by atoms with Crippen molar-refractivity contribution in [2.75, 3.05) is 16.2 Å². The summed E-state index contributed by atoms with van der Waals surface area (Å²) in [4.78, 5) is 13.0. The monoisotopic (exact) mass is 540 g/mol. The molecule has 0 heterocycles. The maximum atomic E-state index is 13.6. The van der Waals surface area contributed by atoms with Gasteiger partial charge in [-0.05, 0) is 73.7 Å². The number of carbonyl (C=O) groups excluding carboxylic acids is 1. The fourth-order valence-electron chi connectivity index (χ4n) is 3.36. The number of aryl methyl sites for hydroxylation is 1. The highest BCUT2D eigenvalue weighted by Gasteiger charge is 2.27. The van der Waals surface area contributed by atoms with Crippen molar-refractivity contribution in [3.63, 3.8) is 0 Å². The van der Waals surface area contributed by atoms with Crippen molar-refractivity contribution < 1.29 is 17.9 Å². The van der Waals surface area contributed by atoms with Gasteiger partial charge in [-0.3, -0.25) is 9.10 Å². The summed E-state index contributed by atoms with van der Waals surface area (Å²) in [7, 11) is -4.06. The largest absolute Gasteiger partial charge is 0.457 e. The van der Waals surface area contributed by atoms with Gasteiger partial charge in [0.2, 0.25) is 5.91 Å². The Balaban J connectivity index is 1.62. The lowest BCUT2D eigenvalue weighted by molar-refractivity contribution is -0.114. The van der Waals surface area contributed by atoms with Crippen LogP contribution < -0.4 is 14.4 Å². The zero-order valence-corrected chi connectivity index (χ0v) is 21.5. The van der Waals surface area contributed by atoms with Gasteiger partial charge >= 0.3 is 0 Å². The number of benzene rings is 4. The number of amides is 1. The van der Waals surface area contributed by atoms with E-state index in [0.29, 0.717) is 27.9 Å². The maximum absolute atomic E-state index is 13.6. The van der Waals surface area contributed by atoms with Crippen molar-refractivity contribution in [2.45, 2.75) is 11.8 Å². The fourth-order valence-corrected chi connectivity index (χ4v) is 5.08. The zero-order chi connectivity index (χ0) is 25.7. The summed E-state index contributed by atoms with van der Waals surface area (Å²) in [6.07, 6.45) is 0. The van der Waals surface area contributed by atoms with Crippen LogP contribution in [0.15, 0.2) is 102 Å². The predicted octanol–water partition coefficient (Wildman–Crippen LogP) is 6.93. The van der Waals surface area contributed by atoms with Crippen LogP contribution in [0.4, 0.5) is 11.4 Å². The lowest BCUT2D eigenvalue weighted by Gasteiger charge is -2.24. The highest BCUT2D eigenvalue weighted by atomic mass is 35.5. The van der Waals surface area contributed by atoms with Gasteiger partial charge in [0.15, 0.2) is 0 Å². The molecule has 0 unspecified atom stereocenters. The van der Waals surface area contributed by atoms with Gasteiger partial charge in [-0.1, -0.05) is 59.1 Å². The molecule has 4 aromatic carbocycles. The van der Waals surface area contributed by atoms with Crippen molar-refractivity contribution in [1.29, 1.82) is 0 Å². The number of nitrogens with one attached hydrogen (secondary N) is 1. The summed E-state index contributed by atoms with van der Waals surface area (Å²) >= 11 is 12.0. The molecule has 0 atom stereocenters. The summed E-state index contributed by atoms with van der Waals surface area (Å²) in [6, 6.07) is 26.8. The number of anilines is 2. The Morgan fingerprint density at radius 3 is 2.11 bits per heavy atom. The van der Waals surface area contributed by atoms with Crippen LogP contribution in [-0.2, 0) is 14.8 Å². The van der Waals surface area contributed by atoms with Crippen LogP contribution >= 0.6 is 23.2 Å². The Labute approximate surface area is 220 Å². The molecule has 1 N–H and O–H groups in total. The molecular formula is C27H22Cl2N2O4S. The highest BCUT2D eigenvalue weighted by molar-refractivity contribution is 7.92. The summed E-state index contributed by atoms with van der Waals surface area (Å²) < 4.78 is 34.0. The van der Waals surface area contributed by atoms with Gasteiger partial charge in [0, 0.05) is 5.69 Å².